The van der Waals surface area contributed by atoms with Crippen LogP contribution in [-0.2, 0) is 27.9 Å². The van der Waals surface area contributed by atoms with Crippen molar-refractivity contribution < 1.29 is 37.3 Å². The van der Waals surface area contributed by atoms with Crippen molar-refractivity contribution in [3.63, 3.8) is 0 Å². The smallest absolute Gasteiger partial charge is 0.306 e. The third kappa shape index (κ3) is 66.1. The maximum absolute atomic E-state index is 13.6. The van der Waals surface area contributed by atoms with Gasteiger partial charge in [-0.05, 0) is 76.7 Å². The van der Waals surface area contributed by atoms with Crippen molar-refractivity contribution in [2.24, 2.45) is 0 Å². The molecule has 0 aliphatic heterocycles. The van der Waals surface area contributed by atoms with E-state index in [1.54, 1.807) is 0 Å². The summed E-state index contributed by atoms with van der Waals surface area (Å²) >= 11 is 0. The van der Waals surface area contributed by atoms with Crippen LogP contribution in [0.4, 0.5) is 0 Å². The van der Waals surface area contributed by atoms with Crippen LogP contribution in [0.2, 0.25) is 0 Å². The molecule has 0 rings (SSSR count). The van der Waals surface area contributed by atoms with Crippen LogP contribution in [0.25, 0.3) is 0 Å². The van der Waals surface area contributed by atoms with Gasteiger partial charge in [0, 0.05) is 12.8 Å². The number of rotatable bonds is 68. The summed E-state index contributed by atoms with van der Waals surface area (Å²) in [4.78, 5) is 40.2. The number of carbonyl (C=O) groups excluding carboxylic acids is 2. The van der Waals surface area contributed by atoms with E-state index >= 15 is 0 Å². The van der Waals surface area contributed by atoms with Gasteiger partial charge in [0.05, 0.1) is 33.8 Å². The normalized spacial score (nSPS) is 13.8. The maximum Gasteiger partial charge on any atom is 0.306 e. The molecule has 0 saturated heterocycles. The maximum atomic E-state index is 13.6. The lowest BCUT2D eigenvalue weighted by atomic mass is 10.0. The number of quaternary nitrogens is 1. The monoisotopic (exact) mass is 1230 g/mol. The molecule has 3 atom stereocenters. The Balaban J connectivity index is 5.02. The van der Waals surface area contributed by atoms with Crippen molar-refractivity contribution in [3.05, 3.63) is 60.8 Å². The SMILES string of the molecule is CCCCC/C=C\C/C=C\C/C=C\C/C=C\CCCCCCCCCCCC(=O)NC(COP(=O)([O-])OCC[N+](C)(C)C)C(/C=C/CCCCCCCCCCCC)OC(=O)CCCCCCCCCCCCCCCCCCCCCCCCC. The number of allylic oxidation sites excluding steroid dienone is 9. The van der Waals surface area contributed by atoms with E-state index in [-0.39, 0.29) is 31.5 Å². The van der Waals surface area contributed by atoms with Gasteiger partial charge in [-0.1, -0.05) is 332 Å². The summed E-state index contributed by atoms with van der Waals surface area (Å²) in [5, 5.41) is 3.05. The molecule has 0 spiro atoms. The number of phosphoric acid groups is 1. The van der Waals surface area contributed by atoms with E-state index in [9.17, 15) is 19.0 Å². The van der Waals surface area contributed by atoms with E-state index in [1.165, 1.54) is 238 Å². The molecule has 0 heterocycles. The standard InChI is InChI=1S/C76H143N2O7P/c1-7-10-13-16-19-22-25-28-30-32-34-36-38-39-41-42-44-46-48-50-53-56-59-62-65-68-75(79)77-73(72-84-86(81,82)83-71-70-78(4,5)6)74(67-64-61-58-55-52-27-24-21-18-15-12-9-3)85-76(80)69-66-63-60-57-54-51-49-47-45-43-40-37-35-33-31-29-26-23-20-17-14-11-8-2/h19,22,28,30,34,36,39,41,64,67,73-74H,7-18,20-21,23-27,29,31-33,35,37-38,40,42-63,65-66,68-72H2,1-6H3,(H-,77,79,81,82)/b22-19-,30-28-,36-34-,41-39-,67-64+. The summed E-state index contributed by atoms with van der Waals surface area (Å²) in [7, 11) is 1.19. The lowest BCUT2D eigenvalue weighted by molar-refractivity contribution is -0.870. The first-order valence-electron chi connectivity index (χ1n) is 37.1. The summed E-state index contributed by atoms with van der Waals surface area (Å²) < 4.78 is 30.5. The number of esters is 1. The Bertz CT molecular complexity index is 1650. The average Bonchev–Trinajstić information content (AvgIpc) is 3.69. The number of nitrogens with zero attached hydrogens (tertiary/aromatic N) is 1. The Morgan fingerprint density at radius 3 is 1.08 bits per heavy atom. The third-order valence-corrected chi connectivity index (χ3v) is 17.7. The summed E-state index contributed by atoms with van der Waals surface area (Å²) in [6.45, 7) is 6.86. The highest BCUT2D eigenvalue weighted by molar-refractivity contribution is 7.45. The van der Waals surface area contributed by atoms with Gasteiger partial charge >= 0.3 is 5.97 Å². The predicted octanol–water partition coefficient (Wildman–Crippen LogP) is 23.1. The molecule has 1 amide bonds. The van der Waals surface area contributed by atoms with Crippen LogP contribution < -0.4 is 10.2 Å². The second kappa shape index (κ2) is 65.7. The van der Waals surface area contributed by atoms with Crippen LogP contribution in [0, 0.1) is 0 Å². The zero-order chi connectivity index (χ0) is 62.8. The highest BCUT2D eigenvalue weighted by Gasteiger charge is 2.27. The first-order chi connectivity index (χ1) is 41.9. The number of hydrogen-bond acceptors (Lipinski definition) is 7. The first kappa shape index (κ1) is 83.7. The summed E-state index contributed by atoms with van der Waals surface area (Å²) in [5.74, 6) is -0.532. The summed E-state index contributed by atoms with van der Waals surface area (Å²) in [6, 6.07) is -0.892. The highest BCUT2D eigenvalue weighted by Crippen LogP contribution is 2.38. The fourth-order valence-electron chi connectivity index (χ4n) is 11.0. The number of phosphoric ester groups is 1. The Hall–Kier alpha value is -2.29. The zero-order valence-electron chi connectivity index (χ0n) is 57.8. The molecule has 1 N–H and O–H groups in total. The second-order valence-corrected chi connectivity index (χ2v) is 27.9. The van der Waals surface area contributed by atoms with Crippen molar-refractivity contribution in [2.45, 2.75) is 373 Å². The van der Waals surface area contributed by atoms with E-state index in [4.69, 9.17) is 13.8 Å². The lowest BCUT2D eigenvalue weighted by Crippen LogP contribution is -2.47. The Kier molecular flexibility index (Phi) is 63.9. The molecule has 0 saturated carbocycles. The van der Waals surface area contributed by atoms with Crippen LogP contribution in [0.15, 0.2) is 60.8 Å². The van der Waals surface area contributed by atoms with E-state index in [1.807, 2.05) is 33.3 Å². The second-order valence-electron chi connectivity index (χ2n) is 26.5. The minimum absolute atomic E-state index is 0.0230. The van der Waals surface area contributed by atoms with Gasteiger partial charge in [0.1, 0.15) is 19.3 Å². The molecule has 86 heavy (non-hydrogen) atoms. The van der Waals surface area contributed by atoms with Gasteiger partial charge in [-0.2, -0.15) is 0 Å². The van der Waals surface area contributed by atoms with E-state index < -0.39 is 20.0 Å². The van der Waals surface area contributed by atoms with Crippen LogP contribution in [0.5, 0.6) is 0 Å². The molecular weight excluding hydrogens is 1080 g/mol. The van der Waals surface area contributed by atoms with Gasteiger partial charge in [0.25, 0.3) is 7.82 Å². The molecule has 9 nitrogen and oxygen atoms in total. The van der Waals surface area contributed by atoms with E-state index in [0.29, 0.717) is 17.4 Å². The molecule has 0 aromatic heterocycles. The fraction of sp³-hybridized carbons (Fsp3) is 0.842. The fourth-order valence-corrected chi connectivity index (χ4v) is 11.7. The summed E-state index contributed by atoms with van der Waals surface area (Å²) in [5.41, 5.74) is 0. The van der Waals surface area contributed by atoms with Crippen LogP contribution in [0.1, 0.15) is 361 Å². The highest BCUT2D eigenvalue weighted by atomic mass is 31.2. The molecule has 0 aromatic carbocycles. The molecule has 0 aromatic rings. The van der Waals surface area contributed by atoms with E-state index in [0.717, 1.165) is 89.9 Å². The van der Waals surface area contributed by atoms with Crippen LogP contribution >= 0.6 is 7.82 Å². The van der Waals surface area contributed by atoms with Crippen molar-refractivity contribution in [1.82, 2.24) is 5.32 Å². The Morgan fingerprint density at radius 2 is 0.709 bits per heavy atom. The molecule has 3 unspecified atom stereocenters. The Morgan fingerprint density at radius 1 is 0.407 bits per heavy atom. The molecule has 0 fully saturated rings. The molecule has 0 aliphatic carbocycles. The third-order valence-electron chi connectivity index (χ3n) is 16.7. The minimum Gasteiger partial charge on any atom is -0.756 e. The quantitative estimate of drug-likeness (QED) is 0.0212. The largest absolute Gasteiger partial charge is 0.756 e. The molecular formula is C76H143N2O7P. The lowest BCUT2D eigenvalue weighted by Gasteiger charge is -2.30. The number of amides is 1. The number of nitrogens with one attached hydrogen (secondary N) is 1. The van der Waals surface area contributed by atoms with Gasteiger partial charge in [0.2, 0.25) is 5.91 Å². The van der Waals surface area contributed by atoms with Crippen molar-refractivity contribution >= 4 is 19.7 Å². The van der Waals surface area contributed by atoms with Crippen LogP contribution in [0.3, 0.4) is 0 Å². The summed E-state index contributed by atoms with van der Waals surface area (Å²) in [6.07, 6.45) is 84.9. The van der Waals surface area contributed by atoms with Gasteiger partial charge in [-0.15, -0.1) is 0 Å². The predicted molar refractivity (Wildman–Crippen MR) is 372 cm³/mol. The molecule has 0 radical (unpaired) electrons. The number of carbonyl (C=O) groups is 2. The number of hydrogen-bond donors (Lipinski definition) is 1. The molecule has 504 valence electrons. The minimum atomic E-state index is -4.71. The molecule has 0 bridgehead atoms. The van der Waals surface area contributed by atoms with Gasteiger partial charge in [-0.3, -0.25) is 14.2 Å². The number of likely N-dealkylation sites (N-methyl/N-ethyl adjacent to an activating group) is 1. The molecule has 10 heteroatoms. The average molecular weight is 1230 g/mol. The molecule has 0 aliphatic rings. The van der Waals surface area contributed by atoms with E-state index in [2.05, 4.69) is 74.7 Å². The zero-order valence-corrected chi connectivity index (χ0v) is 58.7. The number of ether oxygens (including phenoxy) is 1. The van der Waals surface area contributed by atoms with Crippen molar-refractivity contribution in [3.8, 4) is 0 Å². The first-order valence-corrected chi connectivity index (χ1v) is 38.6. The van der Waals surface area contributed by atoms with Crippen LogP contribution in [-0.4, -0.2) is 69.4 Å². The number of unbranched alkanes of at least 4 members (excludes halogenated alkanes) is 44. The van der Waals surface area contributed by atoms with Gasteiger partial charge in [-0.25, -0.2) is 0 Å². The topological polar surface area (TPSA) is 114 Å². The van der Waals surface area contributed by atoms with Gasteiger partial charge < -0.3 is 28.5 Å². The van der Waals surface area contributed by atoms with Gasteiger partial charge in [0.15, 0.2) is 0 Å². The Labute approximate surface area is 534 Å². The van der Waals surface area contributed by atoms with Crippen molar-refractivity contribution in [2.75, 3.05) is 40.9 Å². The van der Waals surface area contributed by atoms with Crippen molar-refractivity contribution in [1.29, 1.82) is 0 Å².